The van der Waals surface area contributed by atoms with Gasteiger partial charge in [0.1, 0.15) is 23.9 Å². The van der Waals surface area contributed by atoms with Gasteiger partial charge in [-0.3, -0.25) is 9.59 Å². The van der Waals surface area contributed by atoms with E-state index in [0.29, 0.717) is 23.7 Å². The highest BCUT2D eigenvalue weighted by Crippen LogP contribution is 2.18. The lowest BCUT2D eigenvalue weighted by Crippen LogP contribution is -2.35. The van der Waals surface area contributed by atoms with E-state index >= 15 is 0 Å². The van der Waals surface area contributed by atoms with Crippen molar-refractivity contribution in [1.82, 2.24) is 15.8 Å². The fourth-order valence-electron chi connectivity index (χ4n) is 2.92. The Kier molecular flexibility index (Phi) is 7.37. The highest BCUT2D eigenvalue weighted by molar-refractivity contribution is 5.94. The molecule has 0 saturated carbocycles. The van der Waals surface area contributed by atoms with Crippen LogP contribution >= 0.6 is 0 Å². The number of ether oxygens (including phenoxy) is 1. The van der Waals surface area contributed by atoms with Crippen LogP contribution in [0.5, 0.6) is 5.75 Å². The zero-order valence-corrected chi connectivity index (χ0v) is 17.4. The average Bonchev–Trinajstić information content (AvgIpc) is 3.08. The zero-order valence-electron chi connectivity index (χ0n) is 17.4. The normalized spacial score (nSPS) is 10.5. The standard InChI is InChI=1S/C23H24FN3O4/c1-15-21(16(2)31-27-15)14-30-20-5-3-4-18(13-20)23(29)26-11-10-25-22(28)12-17-6-8-19(24)9-7-17/h3-9,13H,10-12,14H2,1-2H3,(H,25,28)(H,26,29). The van der Waals surface area contributed by atoms with Crippen LogP contribution in [0.1, 0.15) is 32.9 Å². The lowest BCUT2D eigenvalue weighted by Gasteiger charge is -2.09. The van der Waals surface area contributed by atoms with Gasteiger partial charge in [-0.2, -0.15) is 0 Å². The van der Waals surface area contributed by atoms with Crippen LogP contribution in [-0.4, -0.2) is 30.1 Å². The maximum absolute atomic E-state index is 12.9. The van der Waals surface area contributed by atoms with E-state index in [0.717, 1.165) is 16.8 Å². The Balaban J connectivity index is 1.42. The molecule has 2 amide bonds. The predicted octanol–water partition coefficient (Wildman–Crippen LogP) is 3.10. The second-order valence-corrected chi connectivity index (χ2v) is 7.03. The topological polar surface area (TPSA) is 93.5 Å². The molecule has 7 nitrogen and oxygen atoms in total. The summed E-state index contributed by atoms with van der Waals surface area (Å²) < 4.78 is 23.8. The van der Waals surface area contributed by atoms with Crippen molar-refractivity contribution in [2.45, 2.75) is 26.9 Å². The molecule has 3 rings (SSSR count). The van der Waals surface area contributed by atoms with Gasteiger partial charge in [0.25, 0.3) is 5.91 Å². The van der Waals surface area contributed by atoms with Crippen LogP contribution in [0.25, 0.3) is 0 Å². The number of nitrogens with one attached hydrogen (secondary N) is 2. The second-order valence-electron chi connectivity index (χ2n) is 7.03. The van der Waals surface area contributed by atoms with E-state index in [4.69, 9.17) is 9.26 Å². The molecule has 8 heteroatoms. The third-order valence-electron chi connectivity index (χ3n) is 4.67. The summed E-state index contributed by atoms with van der Waals surface area (Å²) in [6.45, 7) is 4.52. The molecule has 2 N–H and O–H groups in total. The van der Waals surface area contributed by atoms with E-state index in [1.54, 1.807) is 36.4 Å². The van der Waals surface area contributed by atoms with E-state index in [9.17, 15) is 14.0 Å². The third kappa shape index (κ3) is 6.40. The lowest BCUT2D eigenvalue weighted by molar-refractivity contribution is -0.120. The number of hydrogen-bond acceptors (Lipinski definition) is 5. The highest BCUT2D eigenvalue weighted by Gasteiger charge is 2.11. The maximum Gasteiger partial charge on any atom is 0.251 e. The molecule has 0 saturated heterocycles. The molecule has 0 radical (unpaired) electrons. The van der Waals surface area contributed by atoms with Gasteiger partial charge in [-0.25, -0.2) is 4.39 Å². The Hall–Kier alpha value is -3.68. The summed E-state index contributed by atoms with van der Waals surface area (Å²) in [5, 5.41) is 9.37. The van der Waals surface area contributed by atoms with E-state index in [-0.39, 0.29) is 37.1 Å². The van der Waals surface area contributed by atoms with Crippen LogP contribution in [0.3, 0.4) is 0 Å². The molecule has 0 bridgehead atoms. The molecule has 0 fully saturated rings. The van der Waals surface area contributed by atoms with Crippen molar-refractivity contribution in [3.63, 3.8) is 0 Å². The Bertz CT molecular complexity index is 1030. The first kappa shape index (κ1) is 22.0. The summed E-state index contributed by atoms with van der Waals surface area (Å²) in [5.41, 5.74) is 2.82. The Labute approximate surface area is 179 Å². The van der Waals surface area contributed by atoms with Crippen LogP contribution in [0.15, 0.2) is 53.1 Å². The van der Waals surface area contributed by atoms with Gasteiger partial charge < -0.3 is 19.9 Å². The minimum atomic E-state index is -0.343. The van der Waals surface area contributed by atoms with E-state index in [1.807, 2.05) is 13.8 Å². The molecule has 0 aliphatic rings. The number of aromatic nitrogens is 1. The summed E-state index contributed by atoms with van der Waals surface area (Å²) in [4.78, 5) is 24.3. The summed E-state index contributed by atoms with van der Waals surface area (Å²) in [6.07, 6.45) is 0.152. The summed E-state index contributed by atoms with van der Waals surface area (Å²) in [5.74, 6) is 0.448. The first-order valence-electron chi connectivity index (χ1n) is 9.86. The van der Waals surface area contributed by atoms with Crippen molar-refractivity contribution in [1.29, 1.82) is 0 Å². The molecule has 2 aromatic carbocycles. The smallest absolute Gasteiger partial charge is 0.251 e. The molecule has 1 heterocycles. The van der Waals surface area contributed by atoms with Gasteiger partial charge in [0, 0.05) is 18.7 Å². The van der Waals surface area contributed by atoms with Gasteiger partial charge in [0.2, 0.25) is 5.91 Å². The van der Waals surface area contributed by atoms with Crippen LogP contribution in [0.4, 0.5) is 4.39 Å². The number of carbonyl (C=O) groups excluding carboxylic acids is 2. The number of benzene rings is 2. The first-order valence-corrected chi connectivity index (χ1v) is 9.86. The maximum atomic E-state index is 12.9. The van der Waals surface area contributed by atoms with Crippen molar-refractivity contribution in [3.8, 4) is 5.75 Å². The Morgan fingerprint density at radius 1 is 1.06 bits per heavy atom. The lowest BCUT2D eigenvalue weighted by atomic mass is 10.1. The first-order chi connectivity index (χ1) is 14.9. The molecule has 0 aliphatic heterocycles. The number of aryl methyl sites for hydroxylation is 2. The summed E-state index contributed by atoms with van der Waals surface area (Å²) >= 11 is 0. The van der Waals surface area contributed by atoms with Crippen LogP contribution in [-0.2, 0) is 17.8 Å². The predicted molar refractivity (Wildman–Crippen MR) is 112 cm³/mol. The van der Waals surface area contributed by atoms with Crippen molar-refractivity contribution in [2.24, 2.45) is 0 Å². The number of halogens is 1. The van der Waals surface area contributed by atoms with Crippen molar-refractivity contribution >= 4 is 11.8 Å². The van der Waals surface area contributed by atoms with Gasteiger partial charge in [0.05, 0.1) is 17.7 Å². The van der Waals surface area contributed by atoms with Gasteiger partial charge in [-0.1, -0.05) is 23.4 Å². The fourth-order valence-corrected chi connectivity index (χ4v) is 2.92. The average molecular weight is 425 g/mol. The summed E-state index contributed by atoms with van der Waals surface area (Å²) in [6, 6.07) is 12.6. The molecule has 0 atom stereocenters. The minimum absolute atomic E-state index is 0.152. The number of hydrogen-bond donors (Lipinski definition) is 2. The van der Waals surface area contributed by atoms with Gasteiger partial charge >= 0.3 is 0 Å². The van der Waals surface area contributed by atoms with Crippen molar-refractivity contribution < 1.29 is 23.2 Å². The number of rotatable bonds is 9. The minimum Gasteiger partial charge on any atom is -0.489 e. The van der Waals surface area contributed by atoms with Crippen LogP contribution in [0, 0.1) is 19.7 Å². The third-order valence-corrected chi connectivity index (χ3v) is 4.67. The van der Waals surface area contributed by atoms with Gasteiger partial charge in [-0.15, -0.1) is 0 Å². The quantitative estimate of drug-likeness (QED) is 0.514. The zero-order chi connectivity index (χ0) is 22.2. The fraction of sp³-hybridized carbons (Fsp3) is 0.261. The SMILES string of the molecule is Cc1noc(C)c1COc1cccc(C(=O)NCCNC(=O)Cc2ccc(F)cc2)c1. The largest absolute Gasteiger partial charge is 0.489 e. The molecule has 3 aromatic rings. The van der Waals surface area contributed by atoms with Gasteiger partial charge in [-0.05, 0) is 49.7 Å². The van der Waals surface area contributed by atoms with Crippen LogP contribution in [0.2, 0.25) is 0 Å². The van der Waals surface area contributed by atoms with E-state index in [2.05, 4.69) is 15.8 Å². The van der Waals surface area contributed by atoms with E-state index < -0.39 is 0 Å². The van der Waals surface area contributed by atoms with Crippen LogP contribution < -0.4 is 15.4 Å². The van der Waals surface area contributed by atoms with Gasteiger partial charge in [0.15, 0.2) is 0 Å². The second kappa shape index (κ2) is 10.4. The molecule has 31 heavy (non-hydrogen) atoms. The molecule has 1 aromatic heterocycles. The Morgan fingerprint density at radius 3 is 2.52 bits per heavy atom. The monoisotopic (exact) mass is 425 g/mol. The highest BCUT2D eigenvalue weighted by atomic mass is 19.1. The number of nitrogens with zero attached hydrogens (tertiary/aromatic N) is 1. The van der Waals surface area contributed by atoms with Crippen molar-refractivity contribution in [2.75, 3.05) is 13.1 Å². The molecule has 0 aliphatic carbocycles. The molecule has 162 valence electrons. The molecular weight excluding hydrogens is 401 g/mol. The van der Waals surface area contributed by atoms with E-state index in [1.165, 1.54) is 12.1 Å². The number of carbonyl (C=O) groups is 2. The molecular formula is C23H24FN3O4. The number of amides is 2. The Morgan fingerprint density at radius 2 is 1.81 bits per heavy atom. The molecule has 0 spiro atoms. The van der Waals surface area contributed by atoms with Crippen molar-refractivity contribution in [3.05, 3.63) is 82.5 Å². The summed E-state index contributed by atoms with van der Waals surface area (Å²) in [7, 11) is 0. The molecule has 0 unspecified atom stereocenters.